The van der Waals surface area contributed by atoms with Crippen molar-refractivity contribution in [2.75, 3.05) is 6.61 Å². The molecule has 0 aliphatic carbocycles. The van der Waals surface area contributed by atoms with E-state index < -0.39 is 24.5 Å². The highest BCUT2D eigenvalue weighted by Gasteiger charge is 2.18. The predicted molar refractivity (Wildman–Crippen MR) is 105 cm³/mol. The Morgan fingerprint density at radius 2 is 1.96 bits per heavy atom. The molecule has 0 fully saturated rings. The molecule has 0 spiro atoms. The lowest BCUT2D eigenvalue weighted by molar-refractivity contribution is -0.143. The number of thiophene rings is 2. The standard InChI is InChI=1S/C20H16FNO3S2/c21-16-6-4-15(5-7-16)20(17-2-1-10-27-17)22-18(23)12-25-19(24)8-3-14-9-11-26-13-14/h1-11,13,20H,12H2,(H,22,23)/b8-3+/t20-/m1/s1. The Hall–Kier alpha value is -2.77. The molecule has 0 aliphatic heterocycles. The fourth-order valence-corrected chi connectivity index (χ4v) is 3.78. The highest BCUT2D eigenvalue weighted by atomic mass is 32.1. The first kappa shape index (κ1) is 19.0. The maximum Gasteiger partial charge on any atom is 0.331 e. The summed E-state index contributed by atoms with van der Waals surface area (Å²) in [7, 11) is 0. The third-order valence-electron chi connectivity index (χ3n) is 3.64. The number of ether oxygens (including phenoxy) is 1. The van der Waals surface area contributed by atoms with Crippen LogP contribution in [-0.4, -0.2) is 18.5 Å². The lowest BCUT2D eigenvalue weighted by Gasteiger charge is -2.18. The summed E-state index contributed by atoms with van der Waals surface area (Å²) in [6.45, 7) is -0.393. The topological polar surface area (TPSA) is 55.4 Å². The maximum atomic E-state index is 13.2. The second kappa shape index (κ2) is 9.25. The molecule has 2 heterocycles. The van der Waals surface area contributed by atoms with Gasteiger partial charge in [-0.2, -0.15) is 11.3 Å². The molecule has 3 rings (SSSR count). The van der Waals surface area contributed by atoms with Crippen LogP contribution in [0.1, 0.15) is 22.0 Å². The average Bonchev–Trinajstić information content (AvgIpc) is 3.37. The first-order chi connectivity index (χ1) is 13.1. The van der Waals surface area contributed by atoms with E-state index >= 15 is 0 Å². The molecule has 1 N–H and O–H groups in total. The fourth-order valence-electron chi connectivity index (χ4n) is 2.35. The molecule has 1 amide bonds. The Bertz CT molecular complexity index is 903. The van der Waals surface area contributed by atoms with Crippen LogP contribution in [0.15, 0.2) is 64.7 Å². The second-order valence-electron chi connectivity index (χ2n) is 5.57. The minimum atomic E-state index is -0.592. The zero-order chi connectivity index (χ0) is 19.1. The molecule has 0 aliphatic rings. The van der Waals surface area contributed by atoms with Crippen molar-refractivity contribution < 1.29 is 18.7 Å². The summed E-state index contributed by atoms with van der Waals surface area (Å²) >= 11 is 3.00. The monoisotopic (exact) mass is 401 g/mol. The average molecular weight is 401 g/mol. The van der Waals surface area contributed by atoms with Crippen LogP contribution in [0.3, 0.4) is 0 Å². The highest BCUT2D eigenvalue weighted by Crippen LogP contribution is 2.26. The number of hydrogen-bond acceptors (Lipinski definition) is 5. The van der Waals surface area contributed by atoms with Gasteiger partial charge in [0.2, 0.25) is 0 Å². The van der Waals surface area contributed by atoms with Crippen LogP contribution < -0.4 is 5.32 Å². The molecular weight excluding hydrogens is 385 g/mol. The lowest BCUT2D eigenvalue weighted by Crippen LogP contribution is -2.32. The van der Waals surface area contributed by atoms with Crippen molar-refractivity contribution in [3.63, 3.8) is 0 Å². The van der Waals surface area contributed by atoms with Crippen LogP contribution >= 0.6 is 22.7 Å². The maximum absolute atomic E-state index is 13.2. The molecule has 27 heavy (non-hydrogen) atoms. The lowest BCUT2D eigenvalue weighted by atomic mass is 10.1. The van der Waals surface area contributed by atoms with E-state index in [2.05, 4.69) is 5.32 Å². The molecule has 0 saturated carbocycles. The van der Waals surface area contributed by atoms with Gasteiger partial charge in [0.15, 0.2) is 6.61 Å². The smallest absolute Gasteiger partial charge is 0.331 e. The summed E-state index contributed by atoms with van der Waals surface area (Å²) in [5, 5.41) is 8.52. The summed E-state index contributed by atoms with van der Waals surface area (Å²) in [5.74, 6) is -1.37. The number of halogens is 1. The van der Waals surface area contributed by atoms with Crippen LogP contribution in [0.5, 0.6) is 0 Å². The van der Waals surface area contributed by atoms with E-state index in [-0.39, 0.29) is 5.82 Å². The molecule has 1 atom stereocenters. The molecule has 0 radical (unpaired) electrons. The Balaban J connectivity index is 1.59. The molecule has 0 bridgehead atoms. The molecule has 0 unspecified atom stereocenters. The van der Waals surface area contributed by atoms with Crippen LogP contribution in [0.4, 0.5) is 4.39 Å². The zero-order valence-corrected chi connectivity index (χ0v) is 15.8. The van der Waals surface area contributed by atoms with E-state index in [0.29, 0.717) is 0 Å². The Kier molecular flexibility index (Phi) is 6.51. The third-order valence-corrected chi connectivity index (χ3v) is 5.28. The van der Waals surface area contributed by atoms with Crippen LogP contribution in [-0.2, 0) is 14.3 Å². The molecule has 2 aromatic heterocycles. The number of benzene rings is 1. The molecule has 7 heteroatoms. The largest absolute Gasteiger partial charge is 0.452 e. The van der Waals surface area contributed by atoms with Crippen molar-refractivity contribution in [2.24, 2.45) is 0 Å². The number of rotatable bonds is 7. The van der Waals surface area contributed by atoms with E-state index in [0.717, 1.165) is 16.0 Å². The first-order valence-corrected chi connectivity index (χ1v) is 9.89. The second-order valence-corrected chi connectivity index (χ2v) is 7.32. The number of carbonyl (C=O) groups is 2. The van der Waals surface area contributed by atoms with E-state index in [1.165, 1.54) is 40.9 Å². The van der Waals surface area contributed by atoms with Gasteiger partial charge in [-0.3, -0.25) is 4.79 Å². The van der Waals surface area contributed by atoms with Crippen LogP contribution in [0.25, 0.3) is 6.08 Å². The minimum absolute atomic E-state index is 0.346. The zero-order valence-electron chi connectivity index (χ0n) is 14.1. The van der Waals surface area contributed by atoms with E-state index in [9.17, 15) is 14.0 Å². The summed E-state index contributed by atoms with van der Waals surface area (Å²) in [4.78, 5) is 24.9. The molecule has 4 nitrogen and oxygen atoms in total. The fraction of sp³-hybridized carbons (Fsp3) is 0.100. The van der Waals surface area contributed by atoms with Gasteiger partial charge in [0.1, 0.15) is 5.82 Å². The van der Waals surface area contributed by atoms with Crippen LogP contribution in [0, 0.1) is 5.82 Å². The Labute approximate surface area is 163 Å². The number of esters is 1. The van der Waals surface area contributed by atoms with Crippen molar-refractivity contribution in [2.45, 2.75) is 6.04 Å². The SMILES string of the molecule is O=C(COC(=O)/C=C/c1ccsc1)N[C@H](c1ccc(F)cc1)c1cccs1. The Morgan fingerprint density at radius 3 is 2.63 bits per heavy atom. The van der Waals surface area contributed by atoms with E-state index in [4.69, 9.17) is 4.74 Å². The van der Waals surface area contributed by atoms with Gasteiger partial charge in [-0.15, -0.1) is 11.3 Å². The van der Waals surface area contributed by atoms with Gasteiger partial charge in [-0.05, 0) is 57.6 Å². The van der Waals surface area contributed by atoms with Crippen molar-refractivity contribution >= 4 is 40.6 Å². The van der Waals surface area contributed by atoms with Crippen LogP contribution in [0.2, 0.25) is 0 Å². The minimum Gasteiger partial charge on any atom is -0.452 e. The van der Waals surface area contributed by atoms with Gasteiger partial charge in [0.25, 0.3) is 5.91 Å². The van der Waals surface area contributed by atoms with Crippen molar-refractivity contribution in [3.8, 4) is 0 Å². The van der Waals surface area contributed by atoms with Gasteiger partial charge in [0.05, 0.1) is 6.04 Å². The van der Waals surface area contributed by atoms with Crippen molar-refractivity contribution in [3.05, 3.63) is 86.5 Å². The van der Waals surface area contributed by atoms with E-state index in [1.807, 2.05) is 34.3 Å². The number of carbonyl (C=O) groups excluding carboxylic acids is 2. The normalized spacial score (nSPS) is 12.0. The Morgan fingerprint density at radius 1 is 1.15 bits per heavy atom. The highest BCUT2D eigenvalue weighted by molar-refractivity contribution is 7.10. The first-order valence-electron chi connectivity index (χ1n) is 8.07. The molecule has 0 saturated heterocycles. The van der Waals surface area contributed by atoms with E-state index in [1.54, 1.807) is 18.2 Å². The summed E-state index contributed by atoms with van der Waals surface area (Å²) in [6.07, 6.45) is 2.91. The molecular formula is C20H16FNO3S2. The molecule has 3 aromatic rings. The third kappa shape index (κ3) is 5.60. The van der Waals surface area contributed by atoms with Gasteiger partial charge < -0.3 is 10.1 Å². The van der Waals surface area contributed by atoms with Gasteiger partial charge in [0, 0.05) is 11.0 Å². The number of hydrogen-bond donors (Lipinski definition) is 1. The number of nitrogens with one attached hydrogen (secondary N) is 1. The predicted octanol–water partition coefficient (Wildman–Crippen LogP) is 4.41. The number of amides is 1. The summed E-state index contributed by atoms with van der Waals surface area (Å²) in [6, 6.07) is 11.1. The summed E-state index contributed by atoms with van der Waals surface area (Å²) < 4.78 is 18.2. The van der Waals surface area contributed by atoms with Gasteiger partial charge >= 0.3 is 5.97 Å². The van der Waals surface area contributed by atoms with Crippen molar-refractivity contribution in [1.82, 2.24) is 5.32 Å². The quantitative estimate of drug-likeness (QED) is 0.471. The van der Waals surface area contributed by atoms with Crippen molar-refractivity contribution in [1.29, 1.82) is 0 Å². The summed E-state index contributed by atoms with van der Waals surface area (Å²) in [5.41, 5.74) is 1.64. The van der Waals surface area contributed by atoms with Gasteiger partial charge in [-0.1, -0.05) is 18.2 Å². The van der Waals surface area contributed by atoms with Gasteiger partial charge in [-0.25, -0.2) is 9.18 Å². The molecule has 1 aromatic carbocycles. The molecule has 138 valence electrons.